The summed E-state index contributed by atoms with van der Waals surface area (Å²) in [6, 6.07) is 0.0651. The molecule has 0 aliphatic carbocycles. The third-order valence-corrected chi connectivity index (χ3v) is 5.16. The summed E-state index contributed by atoms with van der Waals surface area (Å²) in [6.07, 6.45) is -5.08. The number of amides is 1. The Kier molecular flexibility index (Phi) is 5.08. The van der Waals surface area contributed by atoms with Crippen LogP contribution in [0, 0.1) is 5.82 Å². The maximum absolute atomic E-state index is 14.3. The average molecular weight is 432 g/mol. The van der Waals surface area contributed by atoms with Crippen LogP contribution in [0.25, 0.3) is 0 Å². The van der Waals surface area contributed by atoms with Crippen LogP contribution in [0.15, 0.2) is 17.1 Å². The van der Waals surface area contributed by atoms with E-state index in [1.165, 1.54) is 4.90 Å². The minimum atomic E-state index is -4.98. The number of fused-ring (bicyclic) bond motifs is 1. The van der Waals surface area contributed by atoms with Gasteiger partial charge in [-0.15, -0.1) is 0 Å². The fourth-order valence-electron chi connectivity index (χ4n) is 3.70. The number of carbonyl (C=O) groups is 1. The largest absolute Gasteiger partial charge is 0.436 e. The number of halogens is 5. The molecule has 2 atom stereocenters. The first-order chi connectivity index (χ1) is 14.2. The number of aromatic nitrogens is 4. The summed E-state index contributed by atoms with van der Waals surface area (Å²) in [5.41, 5.74) is -2.85. The van der Waals surface area contributed by atoms with Crippen molar-refractivity contribution in [3.8, 4) is 0 Å². The van der Waals surface area contributed by atoms with E-state index >= 15 is 0 Å². The number of nitrogens with zero attached hydrogens (tertiary/aromatic N) is 5. The molecule has 1 N–H and O–H groups in total. The number of alkyl halides is 4. The molecule has 13 heteroatoms. The molecule has 2 aromatic rings. The number of likely N-dealkylation sites (tertiary alicyclic amines) is 1. The van der Waals surface area contributed by atoms with Gasteiger partial charge >= 0.3 is 11.9 Å². The molecule has 2 aromatic heterocycles. The van der Waals surface area contributed by atoms with Crippen LogP contribution in [0.5, 0.6) is 0 Å². The molecule has 0 spiro atoms. The zero-order chi connectivity index (χ0) is 21.6. The molecule has 0 bridgehead atoms. The maximum Gasteiger partial charge on any atom is 0.436 e. The maximum atomic E-state index is 14.3. The molecular weight excluding hydrogens is 415 g/mol. The molecule has 4 heterocycles. The van der Waals surface area contributed by atoms with Crippen LogP contribution in [-0.4, -0.2) is 55.9 Å². The highest BCUT2D eigenvalue weighted by atomic mass is 19.4. The highest BCUT2D eigenvalue weighted by Crippen LogP contribution is 2.30. The zero-order valence-corrected chi connectivity index (χ0v) is 15.5. The summed E-state index contributed by atoms with van der Waals surface area (Å²) >= 11 is 0. The van der Waals surface area contributed by atoms with E-state index in [0.29, 0.717) is 0 Å². The van der Waals surface area contributed by atoms with Gasteiger partial charge in [0.25, 0.3) is 0 Å². The van der Waals surface area contributed by atoms with Crippen molar-refractivity contribution in [3.63, 3.8) is 0 Å². The molecule has 162 valence electrons. The lowest BCUT2D eigenvalue weighted by Gasteiger charge is -2.27. The molecule has 0 saturated carbocycles. The summed E-state index contributed by atoms with van der Waals surface area (Å²) in [6.45, 7) is -0.127. The van der Waals surface area contributed by atoms with E-state index in [1.54, 1.807) is 0 Å². The third-order valence-electron chi connectivity index (χ3n) is 5.16. The predicted octanol–water partition coefficient (Wildman–Crippen LogP) is 0.861. The Labute approximate surface area is 166 Å². The lowest BCUT2D eigenvalue weighted by molar-refractivity contribution is -0.143. The van der Waals surface area contributed by atoms with E-state index in [0.717, 1.165) is 21.5 Å². The third kappa shape index (κ3) is 3.57. The van der Waals surface area contributed by atoms with Crippen molar-refractivity contribution in [1.82, 2.24) is 29.5 Å². The van der Waals surface area contributed by atoms with Crippen LogP contribution in [0.3, 0.4) is 0 Å². The Hall–Kier alpha value is -2.83. The SMILES string of the molecule is O=C(C1CNCc2nn(Cc3ccnc(C(F)(F)F)c3F)c(=O)n21)N1CC[C@H](F)C1. The van der Waals surface area contributed by atoms with Crippen LogP contribution in [0.1, 0.15) is 29.5 Å². The minimum Gasteiger partial charge on any atom is -0.338 e. The number of pyridine rings is 1. The minimum absolute atomic E-state index is 0.0595. The Morgan fingerprint density at radius 1 is 1.33 bits per heavy atom. The lowest BCUT2D eigenvalue weighted by Crippen LogP contribution is -2.47. The predicted molar refractivity (Wildman–Crippen MR) is 91.6 cm³/mol. The van der Waals surface area contributed by atoms with Gasteiger partial charge in [-0.3, -0.25) is 9.36 Å². The van der Waals surface area contributed by atoms with E-state index < -0.39 is 53.6 Å². The molecule has 2 aliphatic rings. The first kappa shape index (κ1) is 20.4. The van der Waals surface area contributed by atoms with Gasteiger partial charge < -0.3 is 10.2 Å². The first-order valence-corrected chi connectivity index (χ1v) is 9.19. The zero-order valence-electron chi connectivity index (χ0n) is 15.5. The monoisotopic (exact) mass is 432 g/mol. The Balaban J connectivity index is 1.65. The van der Waals surface area contributed by atoms with Gasteiger partial charge in [-0.25, -0.2) is 23.2 Å². The summed E-state index contributed by atoms with van der Waals surface area (Å²) < 4.78 is 68.3. The van der Waals surface area contributed by atoms with Crippen LogP contribution in [-0.2, 0) is 24.1 Å². The molecule has 30 heavy (non-hydrogen) atoms. The van der Waals surface area contributed by atoms with Crippen LogP contribution in [0.4, 0.5) is 22.0 Å². The van der Waals surface area contributed by atoms with Gasteiger partial charge in [0, 0.05) is 24.8 Å². The molecule has 1 unspecified atom stereocenters. The smallest absolute Gasteiger partial charge is 0.338 e. The number of rotatable bonds is 3. The number of hydrogen-bond donors (Lipinski definition) is 1. The lowest BCUT2D eigenvalue weighted by atomic mass is 10.2. The fourth-order valence-corrected chi connectivity index (χ4v) is 3.70. The van der Waals surface area contributed by atoms with Crippen LogP contribution in [0.2, 0.25) is 0 Å². The van der Waals surface area contributed by atoms with E-state index in [1.807, 2.05) is 0 Å². The second-order valence-electron chi connectivity index (χ2n) is 7.17. The first-order valence-electron chi connectivity index (χ1n) is 9.19. The summed E-state index contributed by atoms with van der Waals surface area (Å²) in [5.74, 6) is -1.84. The average Bonchev–Trinajstić information content (AvgIpc) is 3.25. The molecule has 0 radical (unpaired) electrons. The van der Waals surface area contributed by atoms with Crippen LogP contribution >= 0.6 is 0 Å². The van der Waals surface area contributed by atoms with E-state index in [9.17, 15) is 31.5 Å². The summed E-state index contributed by atoms with van der Waals surface area (Å²) in [5, 5.41) is 6.99. The molecule has 2 aliphatic heterocycles. The van der Waals surface area contributed by atoms with Gasteiger partial charge in [-0.2, -0.15) is 18.3 Å². The van der Waals surface area contributed by atoms with Gasteiger partial charge in [-0.1, -0.05) is 0 Å². The second-order valence-corrected chi connectivity index (χ2v) is 7.17. The molecular formula is C17H17F5N6O2. The quantitative estimate of drug-likeness (QED) is 0.728. The molecule has 0 aromatic carbocycles. The molecule has 1 amide bonds. The Bertz CT molecular complexity index is 1030. The summed E-state index contributed by atoms with van der Waals surface area (Å²) in [4.78, 5) is 30.0. The second kappa shape index (κ2) is 7.45. The van der Waals surface area contributed by atoms with Gasteiger partial charge in [0.15, 0.2) is 11.5 Å². The van der Waals surface area contributed by atoms with Crippen molar-refractivity contribution in [3.05, 3.63) is 45.6 Å². The molecule has 1 fully saturated rings. The Morgan fingerprint density at radius 2 is 2.10 bits per heavy atom. The highest BCUT2D eigenvalue weighted by Gasteiger charge is 2.38. The van der Waals surface area contributed by atoms with Crippen molar-refractivity contribution < 1.29 is 26.7 Å². The van der Waals surface area contributed by atoms with Crippen molar-refractivity contribution >= 4 is 5.91 Å². The number of nitrogens with one attached hydrogen (secondary N) is 1. The standard InChI is InChI=1S/C17H17F5N6O2/c18-10-2-4-26(8-10)15(29)11-5-23-6-12-25-27(16(30)28(11)12)7-9-1-3-24-14(13(9)19)17(20,21)22/h1,3,10-11,23H,2,4-8H2/t10-,11?/m0/s1. The van der Waals surface area contributed by atoms with Gasteiger partial charge in [-0.05, 0) is 12.5 Å². The Morgan fingerprint density at radius 3 is 2.77 bits per heavy atom. The van der Waals surface area contributed by atoms with Gasteiger partial charge in [0.2, 0.25) is 5.91 Å². The molecule has 1 saturated heterocycles. The number of carbonyl (C=O) groups excluding carboxylic acids is 1. The molecule has 4 rings (SSSR count). The summed E-state index contributed by atoms with van der Waals surface area (Å²) in [7, 11) is 0. The van der Waals surface area contributed by atoms with Gasteiger partial charge in [0.1, 0.15) is 18.0 Å². The van der Waals surface area contributed by atoms with Crippen molar-refractivity contribution in [2.24, 2.45) is 0 Å². The van der Waals surface area contributed by atoms with Crippen molar-refractivity contribution in [1.29, 1.82) is 0 Å². The fraction of sp³-hybridized carbons (Fsp3) is 0.529. The number of hydrogen-bond acceptors (Lipinski definition) is 5. The van der Waals surface area contributed by atoms with Crippen LogP contribution < -0.4 is 11.0 Å². The topological polar surface area (TPSA) is 85.0 Å². The molecule has 8 nitrogen and oxygen atoms in total. The van der Waals surface area contributed by atoms with Gasteiger partial charge in [0.05, 0.1) is 19.6 Å². The van der Waals surface area contributed by atoms with E-state index in [4.69, 9.17) is 0 Å². The van der Waals surface area contributed by atoms with Crippen molar-refractivity contribution in [2.45, 2.75) is 37.9 Å². The van der Waals surface area contributed by atoms with Crippen molar-refractivity contribution in [2.75, 3.05) is 19.6 Å². The van der Waals surface area contributed by atoms with E-state index in [-0.39, 0.29) is 38.4 Å². The highest BCUT2D eigenvalue weighted by molar-refractivity contribution is 5.81. The van der Waals surface area contributed by atoms with E-state index in [2.05, 4.69) is 15.4 Å². The normalized spacial score (nSPS) is 21.7.